The summed E-state index contributed by atoms with van der Waals surface area (Å²) in [5.74, 6) is 0.404. The van der Waals surface area contributed by atoms with Crippen molar-refractivity contribution >= 4 is 27.9 Å². The second kappa shape index (κ2) is 9.39. The fraction of sp³-hybridized carbons (Fsp3) is 0.333. The molecule has 0 bridgehead atoms. The first-order valence-electron chi connectivity index (χ1n) is 9.29. The van der Waals surface area contributed by atoms with E-state index >= 15 is 0 Å². The quantitative estimate of drug-likeness (QED) is 0.442. The van der Waals surface area contributed by atoms with Crippen molar-refractivity contribution in [3.05, 3.63) is 64.6 Å². The van der Waals surface area contributed by atoms with Gasteiger partial charge in [0.15, 0.2) is 0 Å². The van der Waals surface area contributed by atoms with E-state index in [1.165, 1.54) is 4.90 Å². The number of hydroxylamine groups is 1. The van der Waals surface area contributed by atoms with Crippen molar-refractivity contribution in [1.29, 1.82) is 0 Å². The standard InChI is InChI=1S/C21H24BrN3O4/c1-21(2)19(26)25(20(27)23-21)12-17(14-28-18-10-8-16(22)9-11-18)24-29-13-15-6-4-3-5-7-15/h3-11,17,24H,12-14H2,1-2H3,(H,23,27)/t17-/m1/s1. The number of hydrogen-bond donors (Lipinski definition) is 2. The minimum Gasteiger partial charge on any atom is -0.492 e. The van der Waals surface area contributed by atoms with Gasteiger partial charge in [-0.05, 0) is 43.7 Å². The van der Waals surface area contributed by atoms with E-state index < -0.39 is 17.6 Å². The number of hydrogen-bond acceptors (Lipinski definition) is 5. The van der Waals surface area contributed by atoms with E-state index in [-0.39, 0.29) is 19.1 Å². The van der Waals surface area contributed by atoms with Gasteiger partial charge in [-0.3, -0.25) is 14.5 Å². The molecule has 1 aliphatic heterocycles. The van der Waals surface area contributed by atoms with Crippen LogP contribution in [0.5, 0.6) is 5.75 Å². The van der Waals surface area contributed by atoms with Gasteiger partial charge < -0.3 is 10.1 Å². The van der Waals surface area contributed by atoms with E-state index in [1.807, 2.05) is 54.6 Å². The maximum Gasteiger partial charge on any atom is 0.325 e. The second-order valence-electron chi connectivity index (χ2n) is 7.32. The fourth-order valence-electron chi connectivity index (χ4n) is 2.87. The summed E-state index contributed by atoms with van der Waals surface area (Å²) in [5.41, 5.74) is 3.02. The van der Waals surface area contributed by atoms with Crippen molar-refractivity contribution in [3.8, 4) is 5.75 Å². The van der Waals surface area contributed by atoms with Gasteiger partial charge in [0.05, 0.1) is 19.2 Å². The van der Waals surface area contributed by atoms with Gasteiger partial charge in [0.2, 0.25) is 0 Å². The summed E-state index contributed by atoms with van der Waals surface area (Å²) < 4.78 is 6.78. The molecule has 0 spiro atoms. The molecule has 3 amide bonds. The summed E-state index contributed by atoms with van der Waals surface area (Å²) >= 11 is 3.39. The predicted octanol–water partition coefficient (Wildman–Crippen LogP) is 3.25. The summed E-state index contributed by atoms with van der Waals surface area (Å²) in [4.78, 5) is 31.5. The molecule has 2 N–H and O–H groups in total. The lowest BCUT2D eigenvalue weighted by atomic mass is 10.1. The molecule has 2 aromatic carbocycles. The predicted molar refractivity (Wildman–Crippen MR) is 112 cm³/mol. The molecule has 0 radical (unpaired) electrons. The average Bonchev–Trinajstić information content (AvgIpc) is 2.89. The van der Waals surface area contributed by atoms with Gasteiger partial charge in [-0.25, -0.2) is 4.79 Å². The van der Waals surface area contributed by atoms with Crippen molar-refractivity contribution in [3.63, 3.8) is 0 Å². The van der Waals surface area contributed by atoms with Crippen LogP contribution in [-0.2, 0) is 16.2 Å². The third-order valence-electron chi connectivity index (χ3n) is 4.44. The maximum absolute atomic E-state index is 12.5. The Morgan fingerprint density at radius 2 is 1.79 bits per heavy atom. The SMILES string of the molecule is CC1(C)NC(=O)N(C[C@H](COc2ccc(Br)cc2)NOCc2ccccc2)C1=O. The molecule has 3 rings (SSSR count). The number of rotatable bonds is 9. The van der Waals surface area contributed by atoms with Crippen LogP contribution in [0.1, 0.15) is 19.4 Å². The number of nitrogens with one attached hydrogen (secondary N) is 2. The molecular formula is C21H24BrN3O4. The highest BCUT2D eigenvalue weighted by Gasteiger charge is 2.44. The molecule has 0 unspecified atom stereocenters. The molecule has 7 nitrogen and oxygen atoms in total. The van der Waals surface area contributed by atoms with E-state index in [9.17, 15) is 9.59 Å². The molecule has 154 valence electrons. The van der Waals surface area contributed by atoms with E-state index in [4.69, 9.17) is 9.57 Å². The van der Waals surface area contributed by atoms with E-state index in [2.05, 4.69) is 26.7 Å². The third-order valence-corrected chi connectivity index (χ3v) is 4.97. The molecule has 29 heavy (non-hydrogen) atoms. The highest BCUT2D eigenvalue weighted by molar-refractivity contribution is 9.10. The Labute approximate surface area is 178 Å². The number of urea groups is 1. The highest BCUT2D eigenvalue weighted by Crippen LogP contribution is 2.18. The first-order chi connectivity index (χ1) is 13.8. The lowest BCUT2D eigenvalue weighted by Gasteiger charge is -2.23. The molecule has 1 atom stereocenters. The lowest BCUT2D eigenvalue weighted by molar-refractivity contribution is -0.131. The monoisotopic (exact) mass is 461 g/mol. The molecular weight excluding hydrogens is 438 g/mol. The van der Waals surface area contributed by atoms with Crippen LogP contribution in [-0.4, -0.2) is 41.6 Å². The number of carbonyl (C=O) groups is 2. The van der Waals surface area contributed by atoms with Gasteiger partial charge in [0.1, 0.15) is 17.9 Å². The van der Waals surface area contributed by atoms with Gasteiger partial charge in [-0.15, -0.1) is 0 Å². The number of nitrogens with zero attached hydrogens (tertiary/aromatic N) is 1. The number of ether oxygens (including phenoxy) is 1. The zero-order chi connectivity index (χ0) is 20.9. The van der Waals surface area contributed by atoms with Crippen LogP contribution in [0.15, 0.2) is 59.1 Å². The van der Waals surface area contributed by atoms with Crippen LogP contribution in [0.25, 0.3) is 0 Å². The van der Waals surface area contributed by atoms with Crippen LogP contribution in [0.2, 0.25) is 0 Å². The topological polar surface area (TPSA) is 79.9 Å². The molecule has 1 fully saturated rings. The van der Waals surface area contributed by atoms with Crippen molar-refractivity contribution in [2.24, 2.45) is 0 Å². The Kier molecular flexibility index (Phi) is 6.89. The minimum absolute atomic E-state index is 0.124. The zero-order valence-electron chi connectivity index (χ0n) is 16.4. The smallest absolute Gasteiger partial charge is 0.325 e. The summed E-state index contributed by atoms with van der Waals surface area (Å²) in [5, 5.41) is 2.68. The third kappa shape index (κ3) is 5.79. The van der Waals surface area contributed by atoms with E-state index in [0.29, 0.717) is 12.4 Å². The van der Waals surface area contributed by atoms with Crippen molar-refractivity contribution in [1.82, 2.24) is 15.7 Å². The Hall–Kier alpha value is -2.42. The fourth-order valence-corrected chi connectivity index (χ4v) is 3.14. The van der Waals surface area contributed by atoms with Crippen molar-refractivity contribution in [2.75, 3.05) is 13.2 Å². The molecule has 0 aliphatic carbocycles. The summed E-state index contributed by atoms with van der Waals surface area (Å²) in [6.45, 7) is 4.05. The Morgan fingerprint density at radius 3 is 2.41 bits per heavy atom. The van der Waals surface area contributed by atoms with Crippen molar-refractivity contribution in [2.45, 2.75) is 32.0 Å². The Bertz CT molecular complexity index is 843. The molecule has 0 saturated carbocycles. The number of halogens is 1. The van der Waals surface area contributed by atoms with Gasteiger partial charge in [-0.1, -0.05) is 46.3 Å². The van der Waals surface area contributed by atoms with Crippen LogP contribution in [0.4, 0.5) is 4.79 Å². The first kappa shape index (κ1) is 21.3. The molecule has 1 heterocycles. The largest absolute Gasteiger partial charge is 0.492 e. The normalized spacial score (nSPS) is 16.6. The van der Waals surface area contributed by atoms with Crippen LogP contribution < -0.4 is 15.5 Å². The summed E-state index contributed by atoms with van der Waals surface area (Å²) in [7, 11) is 0. The molecule has 0 aromatic heterocycles. The number of imide groups is 1. The average molecular weight is 462 g/mol. The van der Waals surface area contributed by atoms with Gasteiger partial charge in [-0.2, -0.15) is 5.48 Å². The minimum atomic E-state index is -0.918. The van der Waals surface area contributed by atoms with Crippen LogP contribution in [0, 0.1) is 0 Å². The van der Waals surface area contributed by atoms with Gasteiger partial charge in [0.25, 0.3) is 5.91 Å². The molecule has 1 saturated heterocycles. The Morgan fingerprint density at radius 1 is 1.10 bits per heavy atom. The summed E-state index contributed by atoms with van der Waals surface area (Å²) in [6, 6.07) is 16.3. The lowest BCUT2D eigenvalue weighted by Crippen LogP contribution is -2.47. The molecule has 2 aromatic rings. The Balaban J connectivity index is 1.62. The zero-order valence-corrected chi connectivity index (χ0v) is 17.9. The van der Waals surface area contributed by atoms with Gasteiger partial charge >= 0.3 is 6.03 Å². The summed E-state index contributed by atoms with van der Waals surface area (Å²) in [6.07, 6.45) is 0. The van der Waals surface area contributed by atoms with E-state index in [1.54, 1.807) is 13.8 Å². The first-order valence-corrected chi connectivity index (χ1v) is 10.1. The maximum atomic E-state index is 12.5. The number of amides is 3. The van der Waals surface area contributed by atoms with Crippen LogP contribution in [0.3, 0.4) is 0 Å². The van der Waals surface area contributed by atoms with E-state index in [0.717, 1.165) is 10.0 Å². The number of carbonyl (C=O) groups excluding carboxylic acids is 2. The number of benzene rings is 2. The molecule has 8 heteroatoms. The highest BCUT2D eigenvalue weighted by atomic mass is 79.9. The second-order valence-corrected chi connectivity index (χ2v) is 8.24. The van der Waals surface area contributed by atoms with Crippen molar-refractivity contribution < 1.29 is 19.2 Å². The molecule has 1 aliphatic rings. The van der Waals surface area contributed by atoms with Crippen LogP contribution >= 0.6 is 15.9 Å². The van der Waals surface area contributed by atoms with Gasteiger partial charge in [0, 0.05) is 4.47 Å².